The number of thiophene rings is 1. The molecular weight excluding hydrogens is 378 g/mol. The van der Waals surface area contributed by atoms with Crippen molar-refractivity contribution in [3.8, 4) is 0 Å². The maximum Gasteiger partial charge on any atom is 0.339 e. The normalized spacial score (nSPS) is 10.9. The number of ether oxygens (including phenoxy) is 1. The number of fused-ring (bicyclic) bond motifs is 2. The number of anilines is 1. The molecule has 0 aliphatic rings. The number of methoxy groups -OCH3 is 1. The molecule has 1 amide bonds. The van der Waals surface area contributed by atoms with E-state index in [0.29, 0.717) is 26.4 Å². The van der Waals surface area contributed by atoms with Gasteiger partial charge in [-0.3, -0.25) is 14.0 Å². The van der Waals surface area contributed by atoms with Crippen LogP contribution in [0.5, 0.6) is 0 Å². The number of aryl methyl sites for hydroxylation is 1. The lowest BCUT2D eigenvalue weighted by atomic mass is 10.2. The minimum absolute atomic E-state index is 0.228. The summed E-state index contributed by atoms with van der Waals surface area (Å²) in [6.07, 6.45) is 1.65. The molecule has 3 heterocycles. The zero-order valence-corrected chi connectivity index (χ0v) is 15.9. The van der Waals surface area contributed by atoms with E-state index in [9.17, 15) is 14.4 Å². The van der Waals surface area contributed by atoms with E-state index < -0.39 is 11.9 Å². The maximum absolute atomic E-state index is 12.8. The fourth-order valence-corrected chi connectivity index (χ4v) is 3.85. The van der Waals surface area contributed by atoms with E-state index in [1.807, 2.05) is 13.0 Å². The van der Waals surface area contributed by atoms with Crippen LogP contribution in [-0.2, 0) is 4.74 Å². The predicted molar refractivity (Wildman–Crippen MR) is 107 cm³/mol. The third-order valence-electron chi connectivity index (χ3n) is 4.34. The summed E-state index contributed by atoms with van der Waals surface area (Å²) in [6, 6.07) is 11.7. The number of hydrogen-bond donors (Lipinski definition) is 1. The van der Waals surface area contributed by atoms with Crippen molar-refractivity contribution in [2.45, 2.75) is 6.92 Å². The third-order valence-corrected chi connectivity index (χ3v) is 5.36. The summed E-state index contributed by atoms with van der Waals surface area (Å²) in [7, 11) is 1.28. The van der Waals surface area contributed by atoms with Crippen molar-refractivity contribution < 1.29 is 14.3 Å². The summed E-state index contributed by atoms with van der Waals surface area (Å²) in [5.74, 6) is -0.974. The van der Waals surface area contributed by atoms with E-state index >= 15 is 0 Å². The highest BCUT2D eigenvalue weighted by Gasteiger charge is 2.18. The Kier molecular flexibility index (Phi) is 4.40. The smallest absolute Gasteiger partial charge is 0.339 e. The van der Waals surface area contributed by atoms with Gasteiger partial charge in [-0.25, -0.2) is 9.78 Å². The Morgan fingerprint density at radius 2 is 1.96 bits per heavy atom. The van der Waals surface area contributed by atoms with Gasteiger partial charge in [0.15, 0.2) is 0 Å². The first-order valence-corrected chi connectivity index (χ1v) is 9.21. The molecule has 0 unspecified atom stereocenters. The first-order chi connectivity index (χ1) is 13.5. The number of amides is 1. The van der Waals surface area contributed by atoms with E-state index in [0.717, 1.165) is 16.9 Å². The van der Waals surface area contributed by atoms with Crippen LogP contribution >= 0.6 is 11.3 Å². The molecule has 0 spiro atoms. The van der Waals surface area contributed by atoms with Crippen LogP contribution in [0.3, 0.4) is 0 Å². The number of carbonyl (C=O) groups is 2. The number of esters is 1. The zero-order valence-electron chi connectivity index (χ0n) is 15.1. The average Bonchev–Trinajstić information content (AvgIpc) is 3.14. The number of benzene rings is 1. The summed E-state index contributed by atoms with van der Waals surface area (Å²) in [5.41, 5.74) is 1.79. The molecule has 0 fully saturated rings. The van der Waals surface area contributed by atoms with Crippen LogP contribution in [0.2, 0.25) is 0 Å². The van der Waals surface area contributed by atoms with Crippen molar-refractivity contribution in [2.24, 2.45) is 0 Å². The third kappa shape index (κ3) is 2.93. The molecule has 0 bridgehead atoms. The Balaban J connectivity index is 1.76. The zero-order chi connectivity index (χ0) is 19.8. The Morgan fingerprint density at radius 3 is 2.75 bits per heavy atom. The number of nitrogens with one attached hydrogen (secondary N) is 1. The van der Waals surface area contributed by atoms with Crippen LogP contribution < -0.4 is 10.9 Å². The van der Waals surface area contributed by atoms with Gasteiger partial charge in [-0.05, 0) is 36.8 Å². The Labute approximate surface area is 163 Å². The molecule has 0 aliphatic heterocycles. The molecule has 0 saturated carbocycles. The van der Waals surface area contributed by atoms with Gasteiger partial charge in [0.2, 0.25) is 0 Å². The fraction of sp³-hybridized carbons (Fsp3) is 0.100. The Morgan fingerprint density at radius 1 is 1.18 bits per heavy atom. The molecule has 7 nitrogen and oxygen atoms in total. The van der Waals surface area contributed by atoms with Crippen molar-refractivity contribution >= 4 is 44.8 Å². The van der Waals surface area contributed by atoms with Crippen LogP contribution in [0.4, 0.5) is 5.69 Å². The highest BCUT2D eigenvalue weighted by Crippen LogP contribution is 2.25. The summed E-state index contributed by atoms with van der Waals surface area (Å²) in [5, 5.41) is 3.08. The lowest BCUT2D eigenvalue weighted by Crippen LogP contribution is -2.15. The van der Waals surface area contributed by atoms with Crippen LogP contribution in [0.1, 0.15) is 25.6 Å². The Bertz CT molecular complexity index is 1310. The molecule has 4 rings (SSSR count). The van der Waals surface area contributed by atoms with Crippen molar-refractivity contribution in [3.05, 3.63) is 75.0 Å². The molecule has 0 aliphatic carbocycles. The number of carbonyl (C=O) groups excluding carboxylic acids is 2. The number of aromatic nitrogens is 2. The van der Waals surface area contributed by atoms with Gasteiger partial charge in [0.25, 0.3) is 11.5 Å². The molecule has 1 aromatic carbocycles. The van der Waals surface area contributed by atoms with Gasteiger partial charge < -0.3 is 10.1 Å². The first kappa shape index (κ1) is 17.9. The minimum atomic E-state index is -0.547. The molecular formula is C20H15N3O4S. The largest absolute Gasteiger partial charge is 0.465 e. The Hall–Kier alpha value is -3.52. The molecule has 0 atom stereocenters. The standard InChI is InChI=1S/C20H15N3O4S/c1-11-6-5-9-23-16(11)22-18-13(19(23)25)10-15(28-18)17(24)21-14-8-4-3-7-12(14)20(26)27-2/h3-10H,1-2H3,(H,21,24). The molecule has 8 heteroatoms. The highest BCUT2D eigenvalue weighted by atomic mass is 32.1. The molecule has 28 heavy (non-hydrogen) atoms. The number of nitrogens with zero attached hydrogens (tertiary/aromatic N) is 2. The summed E-state index contributed by atoms with van der Waals surface area (Å²) in [4.78, 5) is 42.7. The van der Waals surface area contributed by atoms with Gasteiger partial charge >= 0.3 is 5.97 Å². The highest BCUT2D eigenvalue weighted by molar-refractivity contribution is 7.20. The van der Waals surface area contributed by atoms with Gasteiger partial charge in [0.1, 0.15) is 10.5 Å². The van der Waals surface area contributed by atoms with Gasteiger partial charge in [-0.2, -0.15) is 0 Å². The lowest BCUT2D eigenvalue weighted by Gasteiger charge is -2.08. The van der Waals surface area contributed by atoms with E-state index in [1.54, 1.807) is 36.5 Å². The van der Waals surface area contributed by atoms with E-state index in [2.05, 4.69) is 10.3 Å². The summed E-state index contributed by atoms with van der Waals surface area (Å²) in [6.45, 7) is 1.87. The van der Waals surface area contributed by atoms with Gasteiger partial charge in [0, 0.05) is 6.20 Å². The van der Waals surface area contributed by atoms with Crippen LogP contribution in [0, 0.1) is 6.92 Å². The van der Waals surface area contributed by atoms with Crippen molar-refractivity contribution in [2.75, 3.05) is 12.4 Å². The second-order valence-electron chi connectivity index (χ2n) is 6.12. The molecule has 0 saturated heterocycles. The molecule has 1 N–H and O–H groups in total. The van der Waals surface area contributed by atoms with Crippen molar-refractivity contribution in [1.29, 1.82) is 0 Å². The summed E-state index contributed by atoms with van der Waals surface area (Å²) < 4.78 is 6.21. The van der Waals surface area contributed by atoms with Gasteiger partial charge in [-0.15, -0.1) is 11.3 Å². The maximum atomic E-state index is 12.8. The van der Waals surface area contributed by atoms with Crippen LogP contribution in [-0.4, -0.2) is 28.4 Å². The molecule has 4 aromatic rings. The van der Waals surface area contributed by atoms with E-state index in [-0.39, 0.29) is 11.1 Å². The van der Waals surface area contributed by atoms with Gasteiger partial charge in [0.05, 0.1) is 28.6 Å². The molecule has 140 valence electrons. The minimum Gasteiger partial charge on any atom is -0.465 e. The average molecular weight is 393 g/mol. The second kappa shape index (κ2) is 6.90. The lowest BCUT2D eigenvalue weighted by molar-refractivity contribution is 0.0602. The topological polar surface area (TPSA) is 89.8 Å². The monoisotopic (exact) mass is 393 g/mol. The van der Waals surface area contributed by atoms with Crippen molar-refractivity contribution in [1.82, 2.24) is 9.38 Å². The number of para-hydroxylation sites is 1. The van der Waals surface area contributed by atoms with Crippen LogP contribution in [0.15, 0.2) is 53.5 Å². The fourth-order valence-electron chi connectivity index (χ4n) is 2.93. The van der Waals surface area contributed by atoms with E-state index in [4.69, 9.17) is 4.74 Å². The molecule has 0 radical (unpaired) electrons. The van der Waals surface area contributed by atoms with Gasteiger partial charge in [-0.1, -0.05) is 18.2 Å². The predicted octanol–water partition coefficient (Wildman–Crippen LogP) is 3.26. The van der Waals surface area contributed by atoms with E-state index in [1.165, 1.54) is 17.6 Å². The number of pyridine rings is 1. The first-order valence-electron chi connectivity index (χ1n) is 8.40. The van der Waals surface area contributed by atoms with Crippen LogP contribution in [0.25, 0.3) is 15.9 Å². The molecule has 3 aromatic heterocycles. The van der Waals surface area contributed by atoms with Crippen molar-refractivity contribution in [3.63, 3.8) is 0 Å². The second-order valence-corrected chi connectivity index (χ2v) is 7.15. The number of rotatable bonds is 3. The quantitative estimate of drug-likeness (QED) is 0.540. The SMILES string of the molecule is COC(=O)c1ccccc1NC(=O)c1cc2c(=O)n3cccc(C)c3nc2s1. The summed E-state index contributed by atoms with van der Waals surface area (Å²) >= 11 is 1.13. The number of hydrogen-bond acceptors (Lipinski definition) is 6.